The van der Waals surface area contributed by atoms with E-state index < -0.39 is 26.7 Å². The standard InChI is InChI=1S/C13H18FO2Si.3C4H9.Sn/c1-5-12(16-17(2,3)4)10-15-13-8-6-11(14)7-9-13;3*1-3-4-2;/h1,5-9,12H,10H2,2-4H3;3*1,3-4H2,2H3;. The number of ether oxygens (including phenoxy) is 1. The van der Waals surface area contributed by atoms with Crippen molar-refractivity contribution in [3.8, 4) is 5.75 Å². The van der Waals surface area contributed by atoms with Gasteiger partial charge in [-0.05, 0) is 0 Å². The molecule has 0 aromatic heterocycles. The maximum atomic E-state index is 13.2. The molecule has 0 aliphatic heterocycles. The van der Waals surface area contributed by atoms with E-state index in [0.717, 1.165) is 0 Å². The maximum absolute atomic E-state index is 13.2. The average Bonchev–Trinajstić information content (AvgIpc) is 2.71. The first-order chi connectivity index (χ1) is 14.2. The summed E-state index contributed by atoms with van der Waals surface area (Å²) in [7, 11) is -1.71. The predicted octanol–water partition coefficient (Wildman–Crippen LogP) is 8.37. The fourth-order valence-corrected chi connectivity index (χ4v) is 19.3. The summed E-state index contributed by atoms with van der Waals surface area (Å²) in [6.45, 7) is 14.1. The van der Waals surface area contributed by atoms with Gasteiger partial charge in [-0.15, -0.1) is 0 Å². The van der Waals surface area contributed by atoms with Crippen molar-refractivity contribution in [2.24, 2.45) is 0 Å². The number of rotatable bonds is 16. The van der Waals surface area contributed by atoms with Gasteiger partial charge in [-0.2, -0.15) is 0 Å². The topological polar surface area (TPSA) is 18.5 Å². The summed E-state index contributed by atoms with van der Waals surface area (Å²) in [6.07, 6.45) is 10.3. The van der Waals surface area contributed by atoms with Crippen molar-refractivity contribution in [3.63, 3.8) is 0 Å². The summed E-state index contributed by atoms with van der Waals surface area (Å²) in [6, 6.07) is 6.28. The Labute approximate surface area is 190 Å². The minimum absolute atomic E-state index is 0.0253. The Morgan fingerprint density at radius 1 is 0.900 bits per heavy atom. The molecule has 2 nitrogen and oxygen atoms in total. The molecule has 0 saturated carbocycles. The normalized spacial score (nSPS) is 13.7. The van der Waals surface area contributed by atoms with Crippen LogP contribution in [-0.2, 0) is 4.43 Å². The molecule has 1 aromatic rings. The molecule has 1 rings (SSSR count). The van der Waals surface area contributed by atoms with E-state index in [2.05, 4.69) is 50.6 Å². The van der Waals surface area contributed by atoms with Crippen LogP contribution in [0.15, 0.2) is 34.4 Å². The molecule has 1 unspecified atom stereocenters. The van der Waals surface area contributed by atoms with Crippen molar-refractivity contribution in [3.05, 3.63) is 40.3 Å². The molecule has 0 aliphatic carbocycles. The summed E-state index contributed by atoms with van der Waals surface area (Å²) < 4.78 is 32.7. The van der Waals surface area contributed by atoms with E-state index in [1.54, 1.807) is 12.1 Å². The van der Waals surface area contributed by atoms with Gasteiger partial charge in [0.05, 0.1) is 0 Å². The van der Waals surface area contributed by atoms with E-state index in [1.807, 2.05) is 0 Å². The van der Waals surface area contributed by atoms with Crippen molar-refractivity contribution in [1.82, 2.24) is 0 Å². The molecular weight excluding hydrogens is 498 g/mol. The van der Waals surface area contributed by atoms with Crippen LogP contribution in [0.1, 0.15) is 59.3 Å². The van der Waals surface area contributed by atoms with Gasteiger partial charge in [0.1, 0.15) is 0 Å². The summed E-state index contributed by atoms with van der Waals surface area (Å²) in [5.41, 5.74) is 0. The van der Waals surface area contributed by atoms with Gasteiger partial charge in [0.2, 0.25) is 0 Å². The molecule has 0 bridgehead atoms. The predicted molar refractivity (Wildman–Crippen MR) is 134 cm³/mol. The van der Waals surface area contributed by atoms with Gasteiger partial charge in [-0.1, -0.05) is 0 Å². The molecule has 0 amide bonds. The second-order valence-electron chi connectivity index (χ2n) is 9.57. The monoisotopic (exact) mass is 544 g/mol. The van der Waals surface area contributed by atoms with E-state index >= 15 is 0 Å². The second kappa shape index (κ2) is 14.7. The van der Waals surface area contributed by atoms with E-state index in [4.69, 9.17) is 9.16 Å². The van der Waals surface area contributed by atoms with Crippen LogP contribution in [0.2, 0.25) is 33.0 Å². The fraction of sp³-hybridized carbons (Fsp3) is 0.680. The van der Waals surface area contributed by atoms with Crippen molar-refractivity contribution < 1.29 is 13.6 Å². The first kappa shape index (κ1) is 27.7. The number of unbranched alkanes of at least 4 members (excludes halogenated alkanes) is 3. The molecule has 0 radical (unpaired) electrons. The first-order valence-corrected chi connectivity index (χ1v) is 23.1. The molecule has 0 N–H and O–H groups in total. The molecule has 0 saturated heterocycles. The summed E-state index contributed by atoms with van der Waals surface area (Å²) >= 11 is -2.35. The zero-order valence-electron chi connectivity index (χ0n) is 20.3. The minimum atomic E-state index is -2.35. The molecule has 0 aliphatic rings. The first-order valence-electron chi connectivity index (χ1n) is 12.0. The SMILES string of the molecule is CCC[CH2][Sn](/[CH]=C/C(COc1ccc(F)cc1)O[Si](C)(C)C)([CH2]CCC)[CH2]CCC. The van der Waals surface area contributed by atoms with Crippen LogP contribution in [0.4, 0.5) is 4.39 Å². The summed E-state index contributed by atoms with van der Waals surface area (Å²) in [4.78, 5) is 0. The van der Waals surface area contributed by atoms with Gasteiger partial charge in [0.25, 0.3) is 0 Å². The van der Waals surface area contributed by atoms with E-state index in [1.165, 1.54) is 64.0 Å². The number of hydrogen-bond acceptors (Lipinski definition) is 2. The van der Waals surface area contributed by atoms with Crippen molar-refractivity contribution in [1.29, 1.82) is 0 Å². The van der Waals surface area contributed by atoms with Crippen LogP contribution in [0.25, 0.3) is 0 Å². The van der Waals surface area contributed by atoms with Crippen LogP contribution < -0.4 is 4.74 Å². The third-order valence-electron chi connectivity index (χ3n) is 5.48. The van der Waals surface area contributed by atoms with Gasteiger partial charge in [-0.25, -0.2) is 0 Å². The summed E-state index contributed by atoms with van der Waals surface area (Å²) in [5.74, 6) is 0.463. The molecule has 0 fully saturated rings. The van der Waals surface area contributed by atoms with E-state index in [9.17, 15) is 4.39 Å². The van der Waals surface area contributed by atoms with Gasteiger partial charge in [0, 0.05) is 0 Å². The zero-order chi connectivity index (χ0) is 22.5. The quantitative estimate of drug-likeness (QED) is 0.195. The molecule has 1 aromatic carbocycles. The van der Waals surface area contributed by atoms with Crippen molar-refractivity contribution in [2.75, 3.05) is 6.61 Å². The molecule has 0 heterocycles. The third kappa shape index (κ3) is 11.9. The Bertz CT molecular complexity index is 576. The Morgan fingerprint density at radius 2 is 1.40 bits per heavy atom. The van der Waals surface area contributed by atoms with Crippen LogP contribution in [0.3, 0.4) is 0 Å². The molecule has 172 valence electrons. The van der Waals surface area contributed by atoms with Crippen LogP contribution in [0.5, 0.6) is 5.75 Å². The van der Waals surface area contributed by atoms with Gasteiger partial charge in [0.15, 0.2) is 0 Å². The molecule has 30 heavy (non-hydrogen) atoms. The number of halogens is 1. The number of hydrogen-bond donors (Lipinski definition) is 0. The fourth-order valence-electron chi connectivity index (χ4n) is 3.82. The van der Waals surface area contributed by atoms with E-state index in [0.29, 0.717) is 12.4 Å². The Morgan fingerprint density at radius 3 is 1.83 bits per heavy atom. The second-order valence-corrected chi connectivity index (χ2v) is 27.0. The van der Waals surface area contributed by atoms with Crippen LogP contribution in [-0.4, -0.2) is 39.4 Å². The van der Waals surface area contributed by atoms with Gasteiger partial charge in [-0.3, -0.25) is 0 Å². The van der Waals surface area contributed by atoms with Gasteiger partial charge >= 0.3 is 191 Å². The van der Waals surface area contributed by atoms with Gasteiger partial charge < -0.3 is 0 Å². The van der Waals surface area contributed by atoms with Crippen LogP contribution in [0, 0.1) is 5.82 Å². The Hall–Kier alpha value is -0.334. The zero-order valence-corrected chi connectivity index (χ0v) is 24.2. The summed E-state index contributed by atoms with van der Waals surface area (Å²) in [5, 5.41) is 0. The third-order valence-corrected chi connectivity index (χ3v) is 20.6. The average molecular weight is 543 g/mol. The van der Waals surface area contributed by atoms with Crippen molar-refractivity contribution >= 4 is 26.7 Å². The van der Waals surface area contributed by atoms with E-state index in [-0.39, 0.29) is 11.9 Å². The Balaban J connectivity index is 3.00. The van der Waals surface area contributed by atoms with Crippen molar-refractivity contribution in [2.45, 2.75) is 98.4 Å². The number of benzene rings is 1. The molecule has 1 atom stereocenters. The molecular formula is C25H45FO2SiSn. The molecule has 5 heteroatoms. The van der Waals surface area contributed by atoms with Crippen LogP contribution >= 0.6 is 0 Å². The Kier molecular flexibility index (Phi) is 13.5. The molecule has 0 spiro atoms.